The molecule has 10 aromatic carbocycles. The molecule has 716 valence electrons. The van der Waals surface area contributed by atoms with E-state index in [1.54, 1.807) is 143 Å². The first-order valence-corrected chi connectivity index (χ1v) is 46.4. The number of thiazole rings is 2. The molecule has 4 aromatic heterocycles. The number of aromatic amines is 1. The fourth-order valence-electron chi connectivity index (χ4n) is 19.1. The number of ether oxygens (including phenoxy) is 1. The molecule has 0 spiro atoms. The lowest BCUT2D eigenvalue weighted by molar-refractivity contribution is -0.691. The number of imidazole rings is 1. The molecule has 0 radical (unpaired) electrons. The average molecular weight is 1960 g/mol. The number of fused-ring (bicyclic) bond motifs is 5. The van der Waals surface area contributed by atoms with Crippen molar-refractivity contribution in [2.24, 2.45) is 0 Å². The molecule has 0 bridgehead atoms. The van der Waals surface area contributed by atoms with Gasteiger partial charge in [0.15, 0.2) is 27.7 Å². The molecule has 9 N–H and O–H groups in total. The zero-order valence-corrected chi connectivity index (χ0v) is 77.7. The van der Waals surface area contributed by atoms with E-state index in [2.05, 4.69) is 74.6 Å². The number of nitrogens with zero attached hydrogens (tertiary/aromatic N) is 8. The predicted octanol–water partition coefficient (Wildman–Crippen LogP) is 14.6. The summed E-state index contributed by atoms with van der Waals surface area (Å²) in [6.07, 6.45) is 0.479. The van der Waals surface area contributed by atoms with Gasteiger partial charge in [-0.2, -0.15) is 13.2 Å². The number of urea groups is 4. The number of hydrogen-bond donors (Lipinski definition) is 9. The molecule has 22 rings (SSSR count). The topological polar surface area (TPSA) is 382 Å². The van der Waals surface area contributed by atoms with Gasteiger partial charge in [-0.15, -0.1) is 22.7 Å². The fraction of sp³-hybridized carbons (Fsp3) is 0.192. The van der Waals surface area contributed by atoms with Gasteiger partial charge in [-0.05, 0) is 179 Å². The summed E-state index contributed by atoms with van der Waals surface area (Å²) in [6.45, 7) is 8.29. The Morgan fingerprint density at radius 1 is 0.415 bits per heavy atom. The predicted molar refractivity (Wildman–Crippen MR) is 508 cm³/mol. The summed E-state index contributed by atoms with van der Waals surface area (Å²) < 4.78 is 89.5. The number of benzene rings is 10. The second-order valence-electron chi connectivity index (χ2n) is 35.6. The SMILES string of the molecule is COc1ccc2c(c1)C(=O)N(C[C@@]1(c3ccc(-c4cc(C(F)(F)F)cc5c4[nH]c[n+]5C(C)C)cc3)NC(=O)NC1=O)C2.Cc1nc(-c2cccc(-c3ccc([C@@]4(CN5Cc6ccc(F)cc6C5=O)NC(=O)NC4=O)cc3)c2)cs1.Cc1nc(-c2cccc(-c3ccc([C@]4(CN5Cc6ccc(F)cc6C5=O)NC(=O)NC4=O)cc3)c2)cs1.O=C1NC(=O)C(Cc2ccncc2)(CN2Cc3ccc(F)cc3C2=O)N1. The van der Waals surface area contributed by atoms with Crippen LogP contribution in [0.1, 0.15) is 121 Å². The lowest BCUT2D eigenvalue weighted by atomic mass is 9.87. The summed E-state index contributed by atoms with van der Waals surface area (Å²) in [7, 11) is 1.50. The van der Waals surface area contributed by atoms with Crippen molar-refractivity contribution < 1.29 is 93.2 Å². The molecule has 8 aliphatic rings. The molecule has 0 saturated carbocycles. The van der Waals surface area contributed by atoms with Crippen molar-refractivity contribution in [2.45, 2.75) is 94.7 Å². The van der Waals surface area contributed by atoms with E-state index in [9.17, 15) is 83.9 Å². The Labute approximate surface area is 813 Å². The van der Waals surface area contributed by atoms with E-state index in [4.69, 9.17) is 4.74 Å². The molecule has 30 nitrogen and oxygen atoms in total. The van der Waals surface area contributed by atoms with Crippen molar-refractivity contribution in [1.29, 1.82) is 0 Å². The Morgan fingerprint density at radius 2 is 0.796 bits per heavy atom. The second-order valence-corrected chi connectivity index (χ2v) is 37.7. The maximum absolute atomic E-state index is 13.9. The smallest absolute Gasteiger partial charge is 0.416 e. The summed E-state index contributed by atoms with van der Waals surface area (Å²) in [5, 5.41) is 26.0. The molecular formula is C104H84F6N17O13S2+. The minimum Gasteiger partial charge on any atom is -0.497 e. The van der Waals surface area contributed by atoms with Crippen LogP contribution < -0.4 is 51.8 Å². The molecule has 142 heavy (non-hydrogen) atoms. The number of carbonyl (C=O) groups is 12. The number of aryl methyl sites for hydroxylation is 2. The molecule has 1 unspecified atom stereocenters. The molecule has 8 aliphatic heterocycles. The lowest BCUT2D eigenvalue weighted by Gasteiger charge is -2.31. The number of alkyl halides is 3. The highest BCUT2D eigenvalue weighted by Crippen LogP contribution is 2.43. The van der Waals surface area contributed by atoms with Crippen LogP contribution in [-0.2, 0) is 74.6 Å². The number of H-pyrrole nitrogens is 1. The first-order chi connectivity index (χ1) is 68.0. The number of nitrogens with one attached hydrogen (secondary N) is 9. The average Bonchev–Trinajstić information content (AvgIpc) is 1.62. The van der Waals surface area contributed by atoms with Gasteiger partial charge in [0.2, 0.25) is 6.33 Å². The standard InChI is InChI=1S/C30H26F3N5O4.2C28H21FN4O3S.C18H15FN4O3/c1-16(2)38-15-34-25-22(10-20(11-24(25)38)30(31,32)33)17-4-7-19(8-5-17)29(27(40)35-28(41)36-29)14-37-13-18-6-9-21(42-3)12-23(18)26(37)39;2*1-16-30-24(14-37-16)19-4-2-3-18(11-19)17-5-8-21(9-6-17)28(26(35)31-27(36)32-28)15-33-13-20-7-10-22(29)12-23(20)25(33)34;19-13-2-1-12-9-23(15(24)14(12)7-13)10-18(16(25)21-17(26)22-18)8-11-3-5-20-6-4-11/h4-12,15-16H,13-14H2,1-3H3,(H2,35,36,40,41);2*2-12,14H,13,15H2,1H3,(H2,31,32,35,36);1-7H,8-10H2,(H2,21,22,25,26)/p+1/t29-;2*28-;/m010./s1. The van der Waals surface area contributed by atoms with E-state index in [0.717, 1.165) is 78.0 Å². The van der Waals surface area contributed by atoms with Crippen LogP contribution in [0.2, 0.25) is 0 Å². The summed E-state index contributed by atoms with van der Waals surface area (Å²) >= 11 is 3.19. The minimum atomic E-state index is -4.56. The van der Waals surface area contributed by atoms with Gasteiger partial charge < -0.3 is 45.6 Å². The van der Waals surface area contributed by atoms with Gasteiger partial charge in [-0.1, -0.05) is 133 Å². The van der Waals surface area contributed by atoms with Crippen LogP contribution >= 0.6 is 22.7 Å². The highest BCUT2D eigenvalue weighted by molar-refractivity contribution is 7.10. The number of halogens is 6. The zero-order chi connectivity index (χ0) is 99.8. The van der Waals surface area contributed by atoms with E-state index >= 15 is 0 Å². The van der Waals surface area contributed by atoms with E-state index in [1.807, 2.05) is 99.1 Å². The third-order valence-electron chi connectivity index (χ3n) is 26.2. The van der Waals surface area contributed by atoms with E-state index in [1.165, 1.54) is 63.1 Å². The van der Waals surface area contributed by atoms with Crippen LogP contribution in [0.5, 0.6) is 5.75 Å². The van der Waals surface area contributed by atoms with Gasteiger partial charge >= 0.3 is 30.3 Å². The van der Waals surface area contributed by atoms with Crippen LogP contribution in [0.25, 0.3) is 66.9 Å². The summed E-state index contributed by atoms with van der Waals surface area (Å²) in [5.74, 6) is -4.61. The van der Waals surface area contributed by atoms with Gasteiger partial charge in [-0.25, -0.2) is 51.9 Å². The Balaban J connectivity index is 0.000000122. The van der Waals surface area contributed by atoms with Gasteiger partial charge in [-0.3, -0.25) is 64.6 Å². The molecule has 16 amide bonds. The lowest BCUT2D eigenvalue weighted by Crippen LogP contribution is -2.56. The van der Waals surface area contributed by atoms with E-state index in [-0.39, 0.29) is 105 Å². The first kappa shape index (κ1) is 94.1. The van der Waals surface area contributed by atoms with Crippen LogP contribution in [-0.4, -0.2) is 150 Å². The molecular weight excluding hydrogens is 1870 g/mol. The van der Waals surface area contributed by atoms with Gasteiger partial charge in [0.05, 0.1) is 66.3 Å². The second kappa shape index (κ2) is 37.1. The Hall–Kier alpha value is -16.9. The summed E-state index contributed by atoms with van der Waals surface area (Å²) in [6, 6.07) is 57.6. The molecule has 38 heteroatoms. The minimum absolute atomic E-state index is 0.0119. The Kier molecular flexibility index (Phi) is 24.6. The largest absolute Gasteiger partial charge is 0.497 e. The van der Waals surface area contributed by atoms with Crippen LogP contribution in [0.4, 0.5) is 45.5 Å². The molecule has 0 aliphatic carbocycles. The van der Waals surface area contributed by atoms with E-state index < -0.39 is 99.1 Å². The molecule has 4 atom stereocenters. The normalized spacial score (nSPS) is 19.2. The first-order valence-electron chi connectivity index (χ1n) is 44.7. The number of hydrogen-bond acceptors (Lipinski definition) is 18. The van der Waals surface area contributed by atoms with Crippen molar-refractivity contribution in [3.05, 3.63) is 348 Å². The number of amides is 16. The monoisotopic (exact) mass is 1960 g/mol. The third-order valence-corrected chi connectivity index (χ3v) is 27.7. The third kappa shape index (κ3) is 18.0. The highest BCUT2D eigenvalue weighted by Gasteiger charge is 2.55. The number of pyridine rings is 1. The molecule has 4 saturated heterocycles. The number of rotatable bonds is 20. The quantitative estimate of drug-likeness (QED) is 0.0194. The van der Waals surface area contributed by atoms with Crippen LogP contribution in [0, 0.1) is 31.3 Å². The van der Waals surface area contributed by atoms with E-state index in [0.29, 0.717) is 66.9 Å². The molecule has 4 fully saturated rings. The number of methoxy groups -OCH3 is 1. The summed E-state index contributed by atoms with van der Waals surface area (Å²) in [5.41, 5.74) is 9.15. The Morgan fingerprint density at radius 3 is 1.16 bits per heavy atom. The van der Waals surface area contributed by atoms with Crippen molar-refractivity contribution >= 4 is 105 Å². The zero-order valence-electron chi connectivity index (χ0n) is 76.1. The van der Waals surface area contributed by atoms with Crippen molar-refractivity contribution in [2.75, 3.05) is 33.3 Å². The Bertz CT molecular complexity index is 7360. The maximum atomic E-state index is 13.9. The molecule has 12 heterocycles. The number of aromatic nitrogens is 5. The maximum Gasteiger partial charge on any atom is 0.416 e. The van der Waals surface area contributed by atoms with Crippen molar-refractivity contribution in [3.8, 4) is 61.6 Å². The number of carbonyl (C=O) groups excluding carboxylic acids is 12. The van der Waals surface area contributed by atoms with Crippen LogP contribution in [0.15, 0.2) is 248 Å². The van der Waals surface area contributed by atoms with Gasteiger partial charge in [0.1, 0.15) is 28.7 Å². The van der Waals surface area contributed by atoms with Gasteiger partial charge in [0.25, 0.3) is 47.3 Å². The van der Waals surface area contributed by atoms with Crippen LogP contribution in [0.3, 0.4) is 0 Å². The fourth-order valence-corrected chi connectivity index (χ4v) is 20.3. The van der Waals surface area contributed by atoms with Crippen molar-refractivity contribution in [3.63, 3.8) is 0 Å². The van der Waals surface area contributed by atoms with Gasteiger partial charge in [0, 0.05) is 101 Å². The van der Waals surface area contributed by atoms with Crippen molar-refractivity contribution in [1.82, 2.24) is 82.1 Å². The number of imide groups is 4. The highest BCUT2D eigenvalue weighted by atomic mass is 32.1. The summed E-state index contributed by atoms with van der Waals surface area (Å²) in [4.78, 5) is 174. The molecule has 14 aromatic rings.